The summed E-state index contributed by atoms with van der Waals surface area (Å²) in [7, 11) is 0. The van der Waals surface area contributed by atoms with Gasteiger partial charge in [0.1, 0.15) is 5.82 Å². The Kier molecular flexibility index (Phi) is 5.49. The topological polar surface area (TPSA) is 79.5 Å². The number of amides is 2. The molecule has 0 radical (unpaired) electrons. The summed E-state index contributed by atoms with van der Waals surface area (Å²) in [5.74, 6) is -0.00216. The smallest absolute Gasteiger partial charge is 0.258 e. The largest absolute Gasteiger partial charge is 0.338 e. The van der Waals surface area contributed by atoms with Crippen LogP contribution in [-0.2, 0) is 16.0 Å². The van der Waals surface area contributed by atoms with E-state index in [4.69, 9.17) is 4.52 Å². The van der Waals surface area contributed by atoms with Crippen molar-refractivity contribution in [2.45, 2.75) is 40.2 Å². The second kappa shape index (κ2) is 7.69. The predicted octanol–water partition coefficient (Wildman–Crippen LogP) is 2.52. The summed E-state index contributed by atoms with van der Waals surface area (Å²) in [6.07, 6.45) is -0.00124. The fourth-order valence-corrected chi connectivity index (χ4v) is 3.23. The Balaban J connectivity index is 1.61. The number of carbonyl (C=O) groups is 2. The van der Waals surface area contributed by atoms with E-state index < -0.39 is 11.2 Å². The molecule has 2 amide bonds. The Morgan fingerprint density at radius 3 is 2.68 bits per heavy atom. The van der Waals surface area contributed by atoms with Crippen LogP contribution in [0.15, 0.2) is 28.8 Å². The fraction of sp³-hybridized carbons (Fsp3) is 0.500. The van der Waals surface area contributed by atoms with Crippen molar-refractivity contribution < 1.29 is 18.5 Å². The van der Waals surface area contributed by atoms with Gasteiger partial charge in [0.05, 0.1) is 6.42 Å². The van der Waals surface area contributed by atoms with Crippen LogP contribution in [0.1, 0.15) is 33.5 Å². The lowest BCUT2D eigenvalue weighted by molar-refractivity contribution is -0.148. The third-order valence-electron chi connectivity index (χ3n) is 4.73. The van der Waals surface area contributed by atoms with E-state index in [1.807, 2.05) is 32.6 Å². The van der Waals surface area contributed by atoms with Gasteiger partial charge in [-0.2, -0.15) is 4.98 Å². The van der Waals surface area contributed by atoms with E-state index >= 15 is 0 Å². The maximum Gasteiger partial charge on any atom is 0.258 e. The van der Waals surface area contributed by atoms with Crippen LogP contribution in [0.25, 0.3) is 11.5 Å². The number of halogens is 1. The molecule has 0 spiro atoms. The molecule has 28 heavy (non-hydrogen) atoms. The number of piperazine rings is 1. The van der Waals surface area contributed by atoms with Gasteiger partial charge in [0, 0.05) is 36.7 Å². The third kappa shape index (κ3) is 4.37. The first-order valence-electron chi connectivity index (χ1n) is 9.32. The van der Waals surface area contributed by atoms with Gasteiger partial charge in [-0.25, -0.2) is 4.39 Å². The molecular formula is C20H25FN4O3. The van der Waals surface area contributed by atoms with E-state index in [1.165, 1.54) is 12.1 Å². The van der Waals surface area contributed by atoms with Crippen molar-refractivity contribution in [3.8, 4) is 11.5 Å². The molecule has 1 aliphatic heterocycles. The highest BCUT2D eigenvalue weighted by Crippen LogP contribution is 2.22. The van der Waals surface area contributed by atoms with Crippen molar-refractivity contribution in [3.63, 3.8) is 0 Å². The summed E-state index contributed by atoms with van der Waals surface area (Å²) >= 11 is 0. The molecule has 7 nitrogen and oxygen atoms in total. The van der Waals surface area contributed by atoms with E-state index in [2.05, 4.69) is 10.1 Å². The monoisotopic (exact) mass is 388 g/mol. The van der Waals surface area contributed by atoms with E-state index in [0.717, 1.165) is 0 Å². The molecule has 1 aromatic carbocycles. The Hall–Kier alpha value is -2.77. The maximum absolute atomic E-state index is 13.3. The van der Waals surface area contributed by atoms with Gasteiger partial charge in [0.25, 0.3) is 5.89 Å². The van der Waals surface area contributed by atoms with Gasteiger partial charge >= 0.3 is 0 Å². The predicted molar refractivity (Wildman–Crippen MR) is 101 cm³/mol. The molecule has 1 aromatic heterocycles. The van der Waals surface area contributed by atoms with E-state index in [9.17, 15) is 14.0 Å². The molecular weight excluding hydrogens is 363 g/mol. The van der Waals surface area contributed by atoms with Gasteiger partial charge < -0.3 is 14.3 Å². The van der Waals surface area contributed by atoms with Gasteiger partial charge in [0.2, 0.25) is 11.8 Å². The van der Waals surface area contributed by atoms with Gasteiger partial charge in [-0.05, 0) is 25.1 Å². The lowest BCUT2D eigenvalue weighted by Gasteiger charge is -2.42. The van der Waals surface area contributed by atoms with Crippen LogP contribution in [0, 0.1) is 11.2 Å². The van der Waals surface area contributed by atoms with Gasteiger partial charge in [-0.3, -0.25) is 9.59 Å². The zero-order chi connectivity index (χ0) is 20.5. The zero-order valence-corrected chi connectivity index (χ0v) is 16.6. The first-order valence-corrected chi connectivity index (χ1v) is 9.32. The number of nitrogens with zero attached hydrogens (tertiary/aromatic N) is 4. The minimum atomic E-state index is -0.446. The summed E-state index contributed by atoms with van der Waals surface area (Å²) in [5, 5.41) is 3.83. The van der Waals surface area contributed by atoms with Crippen LogP contribution >= 0.6 is 0 Å². The highest BCUT2D eigenvalue weighted by Gasteiger charge is 2.35. The molecule has 0 N–H and O–H groups in total. The molecule has 0 unspecified atom stereocenters. The van der Waals surface area contributed by atoms with E-state index in [-0.39, 0.29) is 36.0 Å². The average molecular weight is 388 g/mol. The molecule has 0 bridgehead atoms. The normalized spacial score (nSPS) is 17.7. The Morgan fingerprint density at radius 2 is 2.04 bits per heavy atom. The molecule has 1 saturated heterocycles. The first-order chi connectivity index (χ1) is 13.1. The van der Waals surface area contributed by atoms with Crippen LogP contribution in [0.5, 0.6) is 0 Å². The van der Waals surface area contributed by atoms with Crippen molar-refractivity contribution in [3.05, 3.63) is 35.9 Å². The molecule has 0 saturated carbocycles. The second-order valence-corrected chi connectivity index (χ2v) is 8.14. The zero-order valence-electron chi connectivity index (χ0n) is 16.6. The standard InChI is InChI=1S/C20H25FN4O3/c1-13-12-24(8-9-25(13)19(27)20(2,3)4)17(26)11-16-22-18(28-23-16)14-6-5-7-15(21)10-14/h5-7,10,13H,8-9,11-12H2,1-4H3/t13-/m1/s1. The van der Waals surface area contributed by atoms with Gasteiger partial charge in [-0.1, -0.05) is 32.0 Å². The molecule has 2 heterocycles. The summed E-state index contributed by atoms with van der Waals surface area (Å²) in [5.41, 5.74) is 0.0207. The minimum Gasteiger partial charge on any atom is -0.338 e. The highest BCUT2D eigenvalue weighted by molar-refractivity contribution is 5.83. The van der Waals surface area contributed by atoms with Crippen LogP contribution in [0.2, 0.25) is 0 Å². The summed E-state index contributed by atoms with van der Waals surface area (Å²) in [6.45, 7) is 9.07. The van der Waals surface area contributed by atoms with E-state index in [0.29, 0.717) is 25.2 Å². The number of hydrogen-bond acceptors (Lipinski definition) is 5. The van der Waals surface area contributed by atoms with Gasteiger partial charge in [0.15, 0.2) is 5.82 Å². The Labute approximate surface area is 163 Å². The molecule has 150 valence electrons. The first kappa shape index (κ1) is 20.0. The third-order valence-corrected chi connectivity index (χ3v) is 4.73. The SMILES string of the molecule is C[C@@H]1CN(C(=O)Cc2noc(-c3cccc(F)c3)n2)CCN1C(=O)C(C)(C)C. The molecule has 2 aromatic rings. The van der Waals surface area contributed by atoms with Crippen molar-refractivity contribution in [2.75, 3.05) is 19.6 Å². The molecule has 3 rings (SSSR count). The molecule has 8 heteroatoms. The Morgan fingerprint density at radius 1 is 1.29 bits per heavy atom. The highest BCUT2D eigenvalue weighted by atomic mass is 19.1. The molecule has 1 fully saturated rings. The summed E-state index contributed by atoms with van der Waals surface area (Å²) < 4.78 is 18.5. The second-order valence-electron chi connectivity index (χ2n) is 8.14. The van der Waals surface area contributed by atoms with E-state index in [1.54, 1.807) is 17.0 Å². The molecule has 1 aliphatic rings. The van der Waals surface area contributed by atoms with Crippen LogP contribution < -0.4 is 0 Å². The van der Waals surface area contributed by atoms with Crippen molar-refractivity contribution in [1.29, 1.82) is 0 Å². The lowest BCUT2D eigenvalue weighted by atomic mass is 9.93. The number of hydrogen-bond donors (Lipinski definition) is 0. The molecule has 0 aliphatic carbocycles. The minimum absolute atomic E-state index is 0.00124. The lowest BCUT2D eigenvalue weighted by Crippen LogP contribution is -2.57. The number of aromatic nitrogens is 2. The van der Waals surface area contributed by atoms with Crippen molar-refractivity contribution >= 4 is 11.8 Å². The number of rotatable bonds is 3. The fourth-order valence-electron chi connectivity index (χ4n) is 3.23. The van der Waals surface area contributed by atoms with Crippen molar-refractivity contribution in [2.24, 2.45) is 5.41 Å². The van der Waals surface area contributed by atoms with Crippen LogP contribution in [0.3, 0.4) is 0 Å². The molecule has 1 atom stereocenters. The van der Waals surface area contributed by atoms with Crippen LogP contribution in [-0.4, -0.2) is 57.4 Å². The quantitative estimate of drug-likeness (QED) is 0.807. The number of benzene rings is 1. The maximum atomic E-state index is 13.3. The summed E-state index contributed by atoms with van der Waals surface area (Å²) in [6, 6.07) is 5.79. The summed E-state index contributed by atoms with van der Waals surface area (Å²) in [4.78, 5) is 32.9. The van der Waals surface area contributed by atoms with Crippen molar-refractivity contribution in [1.82, 2.24) is 19.9 Å². The van der Waals surface area contributed by atoms with Gasteiger partial charge in [-0.15, -0.1) is 0 Å². The Bertz CT molecular complexity index is 874. The number of carbonyl (C=O) groups excluding carboxylic acids is 2. The average Bonchev–Trinajstić information content (AvgIpc) is 3.09. The van der Waals surface area contributed by atoms with Crippen LogP contribution in [0.4, 0.5) is 4.39 Å².